The summed E-state index contributed by atoms with van der Waals surface area (Å²) in [5.74, 6) is -1.90. The molecule has 0 radical (unpaired) electrons. The minimum Gasteiger partial charge on any atom is -0.334 e. The molecule has 9 nitrogen and oxygen atoms in total. The Morgan fingerprint density at radius 2 is 1.94 bits per heavy atom. The minimum absolute atomic E-state index is 0.0234. The number of amides is 2. The van der Waals surface area contributed by atoms with Gasteiger partial charge in [0.15, 0.2) is 9.84 Å². The summed E-state index contributed by atoms with van der Waals surface area (Å²) in [6.07, 6.45) is 1.10. The highest BCUT2D eigenvalue weighted by molar-refractivity contribution is 7.92. The molecule has 1 saturated heterocycles. The van der Waals surface area contributed by atoms with Crippen LogP contribution in [0.3, 0.4) is 0 Å². The topological polar surface area (TPSA) is 130 Å². The van der Waals surface area contributed by atoms with Crippen molar-refractivity contribution >= 4 is 44.6 Å². The summed E-state index contributed by atoms with van der Waals surface area (Å²) < 4.78 is 24.7. The van der Waals surface area contributed by atoms with Gasteiger partial charge in [-0.05, 0) is 42.7 Å². The lowest BCUT2D eigenvalue weighted by Gasteiger charge is -2.35. The average Bonchev–Trinajstić information content (AvgIpc) is 3.24. The Labute approximate surface area is 189 Å². The van der Waals surface area contributed by atoms with Gasteiger partial charge in [-0.3, -0.25) is 14.8 Å². The predicted octanol–water partition coefficient (Wildman–Crippen LogP) is 2.94. The highest BCUT2D eigenvalue weighted by atomic mass is 32.2. The summed E-state index contributed by atoms with van der Waals surface area (Å²) in [5, 5.41) is 9.90. The highest BCUT2D eigenvalue weighted by Gasteiger charge is 2.49. The SMILES string of the molecule is CC(=O)ON(C(C)=O)c1cccc(-c2ccc([C@@]3(CC(=O)NO)CCCCS3(=O)=O)s2)c1. The summed E-state index contributed by atoms with van der Waals surface area (Å²) in [5.41, 5.74) is 2.59. The molecular weight excluding hydrogens is 456 g/mol. The molecule has 1 fully saturated rings. The number of hydrogen-bond acceptors (Lipinski definition) is 8. The molecule has 1 atom stereocenters. The summed E-state index contributed by atoms with van der Waals surface area (Å²) in [6, 6.07) is 10.2. The van der Waals surface area contributed by atoms with Crippen LogP contribution in [0.25, 0.3) is 10.4 Å². The third-order valence-corrected chi connectivity index (χ3v) is 9.39. The number of carbonyl (C=O) groups excluding carboxylic acids is 3. The van der Waals surface area contributed by atoms with Gasteiger partial charge in [0.2, 0.25) is 5.91 Å². The molecule has 2 N–H and O–H groups in total. The number of nitrogens with zero attached hydrogens (tertiary/aromatic N) is 1. The lowest BCUT2D eigenvalue weighted by atomic mass is 9.94. The number of hydroxylamine groups is 2. The molecule has 32 heavy (non-hydrogen) atoms. The van der Waals surface area contributed by atoms with Gasteiger partial charge >= 0.3 is 5.97 Å². The van der Waals surface area contributed by atoms with E-state index in [9.17, 15) is 22.8 Å². The van der Waals surface area contributed by atoms with E-state index in [2.05, 4.69) is 0 Å². The van der Waals surface area contributed by atoms with Crippen LogP contribution in [0.15, 0.2) is 36.4 Å². The highest BCUT2D eigenvalue weighted by Crippen LogP contribution is 2.47. The first-order valence-corrected chi connectivity index (χ1v) is 12.4. The Hall–Kier alpha value is -2.76. The van der Waals surface area contributed by atoms with Crippen LogP contribution < -0.4 is 10.5 Å². The minimum atomic E-state index is -3.63. The number of hydrogen-bond donors (Lipinski definition) is 2. The van der Waals surface area contributed by atoms with E-state index in [-0.39, 0.29) is 18.6 Å². The first kappa shape index (κ1) is 23.9. The summed E-state index contributed by atoms with van der Waals surface area (Å²) in [6.45, 7) is 2.46. The lowest BCUT2D eigenvalue weighted by molar-refractivity contribution is -0.147. The van der Waals surface area contributed by atoms with Gasteiger partial charge < -0.3 is 4.84 Å². The van der Waals surface area contributed by atoms with E-state index in [4.69, 9.17) is 10.0 Å². The normalized spacial score (nSPS) is 19.7. The van der Waals surface area contributed by atoms with Crippen LogP contribution in [0.1, 0.15) is 44.4 Å². The van der Waals surface area contributed by atoms with Gasteiger partial charge in [-0.2, -0.15) is 0 Å². The molecule has 0 aliphatic carbocycles. The van der Waals surface area contributed by atoms with Crippen molar-refractivity contribution in [1.29, 1.82) is 0 Å². The molecular formula is C21H24N2O7S2. The van der Waals surface area contributed by atoms with Crippen LogP contribution in [0.5, 0.6) is 0 Å². The molecule has 0 spiro atoms. The number of carbonyl (C=O) groups is 3. The van der Waals surface area contributed by atoms with Gasteiger partial charge in [0.1, 0.15) is 4.75 Å². The molecule has 1 aliphatic heterocycles. The Kier molecular flexibility index (Phi) is 7.01. The molecule has 3 rings (SSSR count). The van der Waals surface area contributed by atoms with E-state index >= 15 is 0 Å². The molecule has 2 heterocycles. The predicted molar refractivity (Wildman–Crippen MR) is 119 cm³/mol. The molecule has 11 heteroatoms. The molecule has 2 amide bonds. The molecule has 2 aromatic rings. The third kappa shape index (κ3) is 4.69. The van der Waals surface area contributed by atoms with Gasteiger partial charge in [-0.15, -0.1) is 16.4 Å². The summed E-state index contributed by atoms with van der Waals surface area (Å²) in [4.78, 5) is 41.5. The number of rotatable bonds is 5. The van der Waals surface area contributed by atoms with Gasteiger partial charge in [0.05, 0.1) is 17.9 Å². The zero-order valence-electron chi connectivity index (χ0n) is 17.7. The van der Waals surface area contributed by atoms with Crippen LogP contribution in [0.4, 0.5) is 5.69 Å². The van der Waals surface area contributed by atoms with Crippen molar-refractivity contribution in [2.45, 2.75) is 44.3 Å². The van der Waals surface area contributed by atoms with Gasteiger partial charge in [-0.1, -0.05) is 18.6 Å². The van der Waals surface area contributed by atoms with Crippen molar-refractivity contribution < 1.29 is 32.8 Å². The Morgan fingerprint density at radius 3 is 2.56 bits per heavy atom. The standard InChI is InChI=1S/C21H24N2O7S2/c1-14(24)23(30-15(2)25)17-7-5-6-16(12-17)18-8-9-19(31-18)21(13-20(26)22-27)10-3-4-11-32(21,28)29/h5-9,12,27H,3-4,10-11,13H2,1-2H3,(H,22,26)/t21-/m0/s1. The van der Waals surface area contributed by atoms with Gasteiger partial charge in [-0.25, -0.2) is 18.7 Å². The van der Waals surface area contributed by atoms with E-state index in [1.807, 2.05) is 0 Å². The fourth-order valence-corrected chi connectivity index (χ4v) is 7.64. The molecule has 1 aromatic heterocycles. The van der Waals surface area contributed by atoms with E-state index < -0.39 is 32.4 Å². The maximum atomic E-state index is 13.1. The van der Waals surface area contributed by atoms with Crippen LogP contribution in [-0.2, 0) is 33.8 Å². The molecule has 1 aromatic carbocycles. The first-order chi connectivity index (χ1) is 15.1. The van der Waals surface area contributed by atoms with E-state index in [1.54, 1.807) is 41.9 Å². The van der Waals surface area contributed by atoms with Crippen LogP contribution in [0, 0.1) is 0 Å². The molecule has 1 aliphatic rings. The zero-order chi connectivity index (χ0) is 23.5. The van der Waals surface area contributed by atoms with E-state index in [0.29, 0.717) is 29.0 Å². The van der Waals surface area contributed by atoms with Crippen molar-refractivity contribution in [3.63, 3.8) is 0 Å². The van der Waals surface area contributed by atoms with Crippen molar-refractivity contribution in [3.8, 4) is 10.4 Å². The van der Waals surface area contributed by atoms with Gasteiger partial charge in [0.25, 0.3) is 5.91 Å². The second kappa shape index (κ2) is 9.39. The zero-order valence-corrected chi connectivity index (χ0v) is 19.3. The summed E-state index contributed by atoms with van der Waals surface area (Å²) in [7, 11) is -3.63. The second-order valence-electron chi connectivity index (χ2n) is 7.59. The maximum absolute atomic E-state index is 13.1. The molecule has 0 saturated carbocycles. The Bertz CT molecular complexity index is 1140. The van der Waals surface area contributed by atoms with Crippen molar-refractivity contribution in [2.75, 3.05) is 10.8 Å². The van der Waals surface area contributed by atoms with E-state index in [1.165, 1.54) is 25.2 Å². The van der Waals surface area contributed by atoms with Crippen molar-refractivity contribution in [2.24, 2.45) is 0 Å². The smallest absolute Gasteiger partial charge is 0.330 e. The molecule has 0 bridgehead atoms. The van der Waals surface area contributed by atoms with Crippen LogP contribution in [-0.4, -0.2) is 37.2 Å². The maximum Gasteiger partial charge on any atom is 0.330 e. The average molecular weight is 481 g/mol. The summed E-state index contributed by atoms with van der Waals surface area (Å²) >= 11 is 1.24. The fourth-order valence-electron chi connectivity index (χ4n) is 3.87. The third-order valence-electron chi connectivity index (χ3n) is 5.34. The second-order valence-corrected chi connectivity index (χ2v) is 11.1. The van der Waals surface area contributed by atoms with Crippen molar-refractivity contribution in [1.82, 2.24) is 5.48 Å². The number of sulfone groups is 1. The van der Waals surface area contributed by atoms with Crippen LogP contribution >= 0.6 is 11.3 Å². The Morgan fingerprint density at radius 1 is 1.19 bits per heavy atom. The molecule has 172 valence electrons. The largest absolute Gasteiger partial charge is 0.334 e. The fraction of sp³-hybridized carbons (Fsp3) is 0.381. The number of anilines is 1. The van der Waals surface area contributed by atoms with E-state index in [0.717, 1.165) is 9.94 Å². The number of benzene rings is 1. The quantitative estimate of drug-likeness (QED) is 0.497. The first-order valence-electron chi connectivity index (χ1n) is 9.95. The number of thiophene rings is 1. The monoisotopic (exact) mass is 480 g/mol. The van der Waals surface area contributed by atoms with Gasteiger partial charge in [0, 0.05) is 23.6 Å². The van der Waals surface area contributed by atoms with Crippen molar-refractivity contribution in [3.05, 3.63) is 41.3 Å². The van der Waals surface area contributed by atoms with Crippen LogP contribution in [0.2, 0.25) is 0 Å². The molecule has 0 unspecified atom stereocenters. The Balaban J connectivity index is 2.02. The number of nitrogens with one attached hydrogen (secondary N) is 1. The lowest BCUT2D eigenvalue weighted by Crippen LogP contribution is -2.43.